The minimum atomic E-state index is 0.312. The zero-order valence-electron chi connectivity index (χ0n) is 16.9. The maximum Gasteiger partial charge on any atom is 0.120 e. The van der Waals surface area contributed by atoms with Crippen molar-refractivity contribution in [3.63, 3.8) is 0 Å². The van der Waals surface area contributed by atoms with Crippen LogP contribution in [0, 0.1) is 0 Å². The van der Waals surface area contributed by atoms with Gasteiger partial charge in [-0.25, -0.2) is 0 Å². The number of phenolic OH excluding ortho intramolecular Hbond substituents is 1. The molecule has 1 saturated heterocycles. The summed E-state index contributed by atoms with van der Waals surface area (Å²) in [6.45, 7) is 4.21. The van der Waals surface area contributed by atoms with E-state index in [0.29, 0.717) is 17.8 Å². The predicted octanol–water partition coefficient (Wildman–Crippen LogP) is 4.73. The Hall–Kier alpha value is -1.91. The minimum absolute atomic E-state index is 0.312. The number of nitrogens with zero attached hydrogens (tertiary/aromatic N) is 2. The number of piperidine rings is 1. The summed E-state index contributed by atoms with van der Waals surface area (Å²) in [7, 11) is 0. The molecule has 0 amide bonds. The monoisotopic (exact) mass is 379 g/mol. The Kier molecular flexibility index (Phi) is 6.28. The number of likely N-dealkylation sites (tertiary alicyclic amines) is 1. The molecule has 2 fully saturated rings. The summed E-state index contributed by atoms with van der Waals surface area (Å²) in [6.07, 6.45) is 12.6. The molecule has 0 atom stereocenters. The van der Waals surface area contributed by atoms with Crippen LogP contribution in [-0.4, -0.2) is 40.2 Å². The van der Waals surface area contributed by atoms with E-state index < -0.39 is 0 Å². The average molecular weight is 380 g/mol. The molecule has 1 aromatic heterocycles. The van der Waals surface area contributed by atoms with Crippen LogP contribution in [0.15, 0.2) is 42.6 Å². The normalized spacial score (nSPS) is 20.1. The first-order valence-electron chi connectivity index (χ1n) is 11.0. The van der Waals surface area contributed by atoms with E-state index in [-0.39, 0.29) is 0 Å². The van der Waals surface area contributed by atoms with Crippen LogP contribution in [0.1, 0.15) is 56.9 Å². The first-order valence-corrected chi connectivity index (χ1v) is 11.0. The van der Waals surface area contributed by atoms with Gasteiger partial charge in [-0.05, 0) is 69.1 Å². The first-order chi connectivity index (χ1) is 13.8. The van der Waals surface area contributed by atoms with Crippen molar-refractivity contribution in [2.45, 2.75) is 63.5 Å². The lowest BCUT2D eigenvalue weighted by atomic mass is 9.79. The van der Waals surface area contributed by atoms with E-state index in [1.165, 1.54) is 64.5 Å². The number of benzene rings is 1. The Morgan fingerprint density at radius 1 is 0.964 bits per heavy atom. The van der Waals surface area contributed by atoms with Gasteiger partial charge in [0.05, 0.1) is 5.69 Å². The molecule has 0 radical (unpaired) electrons. The Morgan fingerprint density at radius 3 is 2.50 bits per heavy atom. The summed E-state index contributed by atoms with van der Waals surface area (Å²) in [4.78, 5) is 7.21. The number of aromatic nitrogens is 1. The van der Waals surface area contributed by atoms with Gasteiger partial charge < -0.3 is 10.4 Å². The van der Waals surface area contributed by atoms with E-state index in [0.717, 1.165) is 23.4 Å². The highest BCUT2D eigenvalue weighted by Gasteiger charge is 2.37. The van der Waals surface area contributed by atoms with Crippen LogP contribution in [0.25, 0.3) is 11.3 Å². The summed E-state index contributed by atoms with van der Waals surface area (Å²) >= 11 is 0. The summed E-state index contributed by atoms with van der Waals surface area (Å²) < 4.78 is 0. The van der Waals surface area contributed by atoms with Crippen molar-refractivity contribution in [3.8, 4) is 17.0 Å². The van der Waals surface area contributed by atoms with Crippen LogP contribution in [0.3, 0.4) is 0 Å². The van der Waals surface area contributed by atoms with Gasteiger partial charge >= 0.3 is 0 Å². The Labute approximate surface area is 169 Å². The summed E-state index contributed by atoms with van der Waals surface area (Å²) in [5, 5.41) is 14.1. The van der Waals surface area contributed by atoms with Crippen LogP contribution in [-0.2, 0) is 6.54 Å². The van der Waals surface area contributed by atoms with Gasteiger partial charge in [0.2, 0.25) is 0 Å². The van der Waals surface area contributed by atoms with Gasteiger partial charge in [-0.3, -0.25) is 9.88 Å². The molecule has 4 rings (SSSR count). The fourth-order valence-corrected chi connectivity index (χ4v) is 5.03. The third kappa shape index (κ3) is 4.39. The lowest BCUT2D eigenvalue weighted by Gasteiger charge is -2.48. The number of hydrogen-bond donors (Lipinski definition) is 2. The predicted molar refractivity (Wildman–Crippen MR) is 114 cm³/mol. The van der Waals surface area contributed by atoms with Crippen molar-refractivity contribution in [2.75, 3.05) is 19.6 Å². The highest BCUT2D eigenvalue weighted by atomic mass is 16.3. The second-order valence-corrected chi connectivity index (χ2v) is 8.49. The maximum atomic E-state index is 10.4. The van der Waals surface area contributed by atoms with Crippen LogP contribution in [0.4, 0.5) is 0 Å². The van der Waals surface area contributed by atoms with Crippen LogP contribution in [0.5, 0.6) is 5.75 Å². The zero-order valence-corrected chi connectivity index (χ0v) is 16.9. The van der Waals surface area contributed by atoms with Crippen molar-refractivity contribution in [1.29, 1.82) is 0 Å². The van der Waals surface area contributed by atoms with Crippen molar-refractivity contribution in [1.82, 2.24) is 15.2 Å². The van der Waals surface area contributed by atoms with Crippen LogP contribution in [0.2, 0.25) is 0 Å². The van der Waals surface area contributed by atoms with E-state index in [1.54, 1.807) is 6.07 Å². The molecule has 1 aromatic carbocycles. The topological polar surface area (TPSA) is 48.4 Å². The molecule has 2 heterocycles. The lowest BCUT2D eigenvalue weighted by molar-refractivity contribution is 0.0332. The van der Waals surface area contributed by atoms with E-state index in [2.05, 4.69) is 21.3 Å². The maximum absolute atomic E-state index is 10.4. The molecule has 0 unspecified atom stereocenters. The third-order valence-electron chi connectivity index (χ3n) is 6.62. The van der Waals surface area contributed by atoms with E-state index in [1.807, 2.05) is 30.5 Å². The number of aromatic hydroxyl groups is 1. The van der Waals surface area contributed by atoms with Crippen LogP contribution >= 0.6 is 0 Å². The Bertz CT molecular complexity index is 750. The average Bonchev–Trinajstić information content (AvgIpc) is 2.77. The number of rotatable bonds is 6. The highest BCUT2D eigenvalue weighted by molar-refractivity contribution is 5.61. The van der Waals surface area contributed by atoms with Crippen molar-refractivity contribution < 1.29 is 5.11 Å². The molecule has 1 saturated carbocycles. The van der Waals surface area contributed by atoms with E-state index in [4.69, 9.17) is 0 Å². The van der Waals surface area contributed by atoms with Gasteiger partial charge in [0, 0.05) is 36.0 Å². The molecular formula is C24H33N3O. The van der Waals surface area contributed by atoms with Crippen molar-refractivity contribution in [2.24, 2.45) is 0 Å². The number of pyridine rings is 1. The fraction of sp³-hybridized carbons (Fsp3) is 0.542. The summed E-state index contributed by atoms with van der Waals surface area (Å²) in [6, 6.07) is 11.7. The Balaban J connectivity index is 1.44. The van der Waals surface area contributed by atoms with E-state index >= 15 is 0 Å². The number of phenols is 1. The van der Waals surface area contributed by atoms with Gasteiger partial charge in [-0.2, -0.15) is 0 Å². The molecule has 2 N–H and O–H groups in total. The highest BCUT2D eigenvalue weighted by Crippen LogP contribution is 2.35. The molecule has 2 aromatic rings. The second kappa shape index (κ2) is 9.06. The van der Waals surface area contributed by atoms with E-state index in [9.17, 15) is 5.11 Å². The molecular weight excluding hydrogens is 346 g/mol. The van der Waals surface area contributed by atoms with Crippen molar-refractivity contribution >= 4 is 0 Å². The lowest BCUT2D eigenvalue weighted by Crippen LogP contribution is -2.57. The van der Waals surface area contributed by atoms with Gasteiger partial charge in [0.25, 0.3) is 0 Å². The fourth-order valence-electron chi connectivity index (χ4n) is 5.03. The standard InChI is InChI=1S/C24H33N3O/c28-23-11-10-20(22-9-3-6-14-26-22)17-21(23)18-25-19-24(12-4-1-5-13-24)27-15-7-2-8-16-27/h3,6,9-11,14,17,25,28H,1-2,4-5,7-8,12-13,15-16,18-19H2. The minimum Gasteiger partial charge on any atom is -0.508 e. The molecule has 0 bridgehead atoms. The zero-order chi connectivity index (χ0) is 19.2. The molecule has 1 aliphatic heterocycles. The number of hydrogen-bond acceptors (Lipinski definition) is 4. The smallest absolute Gasteiger partial charge is 0.120 e. The number of nitrogens with one attached hydrogen (secondary N) is 1. The quantitative estimate of drug-likeness (QED) is 0.762. The second-order valence-electron chi connectivity index (χ2n) is 8.49. The van der Waals surface area contributed by atoms with Gasteiger partial charge in [-0.1, -0.05) is 31.7 Å². The van der Waals surface area contributed by atoms with Gasteiger partial charge in [0.15, 0.2) is 0 Å². The SMILES string of the molecule is Oc1ccc(-c2ccccn2)cc1CNCC1(N2CCCCC2)CCCCC1. The molecule has 4 nitrogen and oxygen atoms in total. The largest absolute Gasteiger partial charge is 0.508 e. The molecule has 28 heavy (non-hydrogen) atoms. The summed E-state index contributed by atoms with van der Waals surface area (Å²) in [5.41, 5.74) is 3.26. The van der Waals surface area contributed by atoms with Gasteiger partial charge in [0.1, 0.15) is 5.75 Å². The molecule has 4 heteroatoms. The summed E-state index contributed by atoms with van der Waals surface area (Å²) in [5.74, 6) is 0.364. The van der Waals surface area contributed by atoms with Crippen LogP contribution < -0.4 is 5.32 Å². The molecule has 1 aliphatic carbocycles. The first kappa shape index (κ1) is 19.4. The molecule has 0 spiro atoms. The van der Waals surface area contributed by atoms with Gasteiger partial charge in [-0.15, -0.1) is 0 Å². The molecule has 150 valence electrons. The van der Waals surface area contributed by atoms with Crippen molar-refractivity contribution in [3.05, 3.63) is 48.2 Å². The molecule has 2 aliphatic rings. The third-order valence-corrected chi connectivity index (χ3v) is 6.62. The Morgan fingerprint density at radius 2 is 1.75 bits per heavy atom.